The average Bonchev–Trinajstić information content (AvgIpc) is 2.59. The molecule has 0 bridgehead atoms. The van der Waals surface area contributed by atoms with Crippen LogP contribution < -0.4 is 5.32 Å². The van der Waals surface area contributed by atoms with Crippen molar-refractivity contribution in [2.24, 2.45) is 5.92 Å². The number of aliphatic hydroxyl groups excluding tert-OH is 1. The molecule has 1 aliphatic carbocycles. The first kappa shape index (κ1) is 16.9. The molecule has 0 saturated heterocycles. The molecule has 0 heterocycles. The van der Waals surface area contributed by atoms with Crippen molar-refractivity contribution in [3.8, 4) is 0 Å². The van der Waals surface area contributed by atoms with Crippen LogP contribution in [0.2, 0.25) is 0 Å². The monoisotopic (exact) mass is 273 g/mol. The molecule has 114 valence electrons. The van der Waals surface area contributed by atoms with Crippen molar-refractivity contribution in [2.45, 2.75) is 64.2 Å². The van der Waals surface area contributed by atoms with E-state index < -0.39 is 6.10 Å². The maximum Gasteiger partial charge on any atom is 0.0897 e. The minimum Gasteiger partial charge on any atom is -0.389 e. The van der Waals surface area contributed by atoms with Crippen LogP contribution in [-0.4, -0.2) is 50.2 Å². The Morgan fingerprint density at radius 1 is 1.21 bits per heavy atom. The van der Waals surface area contributed by atoms with Crippen LogP contribution in [-0.2, 0) is 9.47 Å². The number of rotatable bonds is 8. The number of nitrogens with one attached hydrogen (secondary N) is 1. The van der Waals surface area contributed by atoms with Crippen LogP contribution in [0.1, 0.15) is 46.0 Å². The molecule has 2 N–H and O–H groups in total. The molecule has 4 heteroatoms. The van der Waals surface area contributed by atoms with Gasteiger partial charge < -0.3 is 19.9 Å². The van der Waals surface area contributed by atoms with Crippen molar-refractivity contribution >= 4 is 0 Å². The standard InChI is InChI=1S/C15H31NO3/c1-12-7-5-4-6-8-15(12)16-9-14(17)11-19-13(2)10-18-3/h12-17H,4-11H2,1-3H3. The Kier molecular flexibility index (Phi) is 8.62. The molecule has 0 aromatic carbocycles. The quantitative estimate of drug-likeness (QED) is 0.664. The first-order valence-corrected chi connectivity index (χ1v) is 7.65. The smallest absolute Gasteiger partial charge is 0.0897 e. The van der Waals surface area contributed by atoms with Gasteiger partial charge in [-0.25, -0.2) is 0 Å². The lowest BCUT2D eigenvalue weighted by molar-refractivity contribution is -0.0319. The first-order chi connectivity index (χ1) is 9.13. The van der Waals surface area contributed by atoms with Gasteiger partial charge in [-0.2, -0.15) is 0 Å². The van der Waals surface area contributed by atoms with Gasteiger partial charge in [-0.3, -0.25) is 0 Å². The first-order valence-electron chi connectivity index (χ1n) is 7.65. The average molecular weight is 273 g/mol. The summed E-state index contributed by atoms with van der Waals surface area (Å²) in [7, 11) is 1.66. The number of methoxy groups -OCH3 is 1. The summed E-state index contributed by atoms with van der Waals surface area (Å²) in [5.74, 6) is 0.711. The second-order valence-corrected chi connectivity index (χ2v) is 5.88. The molecule has 1 rings (SSSR count). The highest BCUT2D eigenvalue weighted by Gasteiger charge is 2.20. The Bertz CT molecular complexity index is 225. The third kappa shape index (κ3) is 7.25. The van der Waals surface area contributed by atoms with Crippen LogP contribution in [0.4, 0.5) is 0 Å². The largest absolute Gasteiger partial charge is 0.389 e. The van der Waals surface area contributed by atoms with E-state index in [0.717, 1.165) is 0 Å². The predicted molar refractivity (Wildman–Crippen MR) is 77.3 cm³/mol. The molecular formula is C15H31NO3. The van der Waals surface area contributed by atoms with E-state index in [0.29, 0.717) is 31.7 Å². The topological polar surface area (TPSA) is 50.7 Å². The summed E-state index contributed by atoms with van der Waals surface area (Å²) in [6.07, 6.45) is 6.14. The van der Waals surface area contributed by atoms with Crippen molar-refractivity contribution < 1.29 is 14.6 Å². The maximum atomic E-state index is 9.93. The molecule has 1 saturated carbocycles. The van der Waals surface area contributed by atoms with Gasteiger partial charge in [0.2, 0.25) is 0 Å². The van der Waals surface area contributed by atoms with E-state index in [1.165, 1.54) is 32.1 Å². The summed E-state index contributed by atoms with van der Waals surface area (Å²) in [6.45, 7) is 5.83. The lowest BCUT2D eigenvalue weighted by Gasteiger charge is -2.25. The van der Waals surface area contributed by atoms with E-state index in [-0.39, 0.29) is 6.10 Å². The predicted octanol–water partition coefficient (Wildman–Crippen LogP) is 1.96. The molecule has 0 spiro atoms. The van der Waals surface area contributed by atoms with Crippen LogP contribution in [0.3, 0.4) is 0 Å². The fourth-order valence-corrected chi connectivity index (χ4v) is 2.70. The molecule has 19 heavy (non-hydrogen) atoms. The van der Waals surface area contributed by atoms with Crippen molar-refractivity contribution in [1.29, 1.82) is 0 Å². The maximum absolute atomic E-state index is 9.93. The van der Waals surface area contributed by atoms with Crippen LogP contribution in [0.25, 0.3) is 0 Å². The second-order valence-electron chi connectivity index (χ2n) is 5.88. The van der Waals surface area contributed by atoms with Gasteiger partial charge in [0.1, 0.15) is 0 Å². The molecule has 1 fully saturated rings. The van der Waals surface area contributed by atoms with Gasteiger partial charge in [-0.05, 0) is 25.7 Å². The summed E-state index contributed by atoms with van der Waals surface area (Å²) >= 11 is 0. The molecule has 1 aliphatic rings. The number of aliphatic hydroxyl groups is 1. The van der Waals surface area contributed by atoms with Crippen LogP contribution >= 0.6 is 0 Å². The molecule has 4 nitrogen and oxygen atoms in total. The summed E-state index contributed by atoms with van der Waals surface area (Å²) in [4.78, 5) is 0. The van der Waals surface area contributed by atoms with E-state index >= 15 is 0 Å². The molecule has 0 aromatic rings. The van der Waals surface area contributed by atoms with Crippen molar-refractivity contribution in [3.05, 3.63) is 0 Å². The van der Waals surface area contributed by atoms with E-state index in [1.54, 1.807) is 7.11 Å². The van der Waals surface area contributed by atoms with Gasteiger partial charge >= 0.3 is 0 Å². The Morgan fingerprint density at radius 3 is 2.68 bits per heavy atom. The van der Waals surface area contributed by atoms with Crippen molar-refractivity contribution in [2.75, 3.05) is 26.9 Å². The molecule has 4 unspecified atom stereocenters. The molecule has 0 aromatic heterocycles. The zero-order chi connectivity index (χ0) is 14.1. The van der Waals surface area contributed by atoms with Gasteiger partial charge in [0.15, 0.2) is 0 Å². The Labute approximate surface area is 117 Å². The fourth-order valence-electron chi connectivity index (χ4n) is 2.70. The van der Waals surface area contributed by atoms with Crippen LogP contribution in [0.15, 0.2) is 0 Å². The van der Waals surface area contributed by atoms with Gasteiger partial charge in [0, 0.05) is 19.7 Å². The number of hydrogen-bond donors (Lipinski definition) is 2. The van der Waals surface area contributed by atoms with E-state index in [1.807, 2.05) is 6.92 Å². The van der Waals surface area contributed by atoms with Crippen molar-refractivity contribution in [3.63, 3.8) is 0 Å². The number of ether oxygens (including phenoxy) is 2. The summed E-state index contributed by atoms with van der Waals surface area (Å²) in [6, 6.07) is 0.550. The Hall–Kier alpha value is -0.160. The SMILES string of the molecule is COCC(C)OCC(O)CNC1CCCCCC1C. The van der Waals surface area contributed by atoms with E-state index in [2.05, 4.69) is 12.2 Å². The lowest BCUT2D eigenvalue weighted by Crippen LogP contribution is -2.41. The summed E-state index contributed by atoms with van der Waals surface area (Å²) in [5, 5.41) is 13.4. The molecule has 0 aliphatic heterocycles. The molecule has 0 radical (unpaired) electrons. The Balaban J connectivity index is 2.15. The third-order valence-electron chi connectivity index (χ3n) is 3.95. The highest BCUT2D eigenvalue weighted by atomic mass is 16.5. The highest BCUT2D eigenvalue weighted by molar-refractivity contribution is 4.77. The second kappa shape index (κ2) is 9.70. The lowest BCUT2D eigenvalue weighted by atomic mass is 9.97. The highest BCUT2D eigenvalue weighted by Crippen LogP contribution is 2.22. The minimum absolute atomic E-state index is 0.0384. The molecular weight excluding hydrogens is 242 g/mol. The van der Waals surface area contributed by atoms with E-state index in [4.69, 9.17) is 9.47 Å². The van der Waals surface area contributed by atoms with Gasteiger partial charge in [0.05, 0.1) is 25.4 Å². The zero-order valence-corrected chi connectivity index (χ0v) is 12.7. The zero-order valence-electron chi connectivity index (χ0n) is 12.7. The molecule has 0 amide bonds. The van der Waals surface area contributed by atoms with Crippen LogP contribution in [0.5, 0.6) is 0 Å². The Morgan fingerprint density at radius 2 is 1.95 bits per heavy atom. The van der Waals surface area contributed by atoms with Gasteiger partial charge in [-0.1, -0.05) is 26.2 Å². The normalized spacial score (nSPS) is 27.8. The number of hydrogen-bond acceptors (Lipinski definition) is 4. The van der Waals surface area contributed by atoms with Gasteiger partial charge in [0.25, 0.3) is 0 Å². The molecule has 4 atom stereocenters. The minimum atomic E-state index is -0.435. The third-order valence-corrected chi connectivity index (χ3v) is 3.95. The van der Waals surface area contributed by atoms with Crippen LogP contribution in [0, 0.1) is 5.92 Å². The summed E-state index contributed by atoms with van der Waals surface area (Å²) < 4.78 is 10.5. The fraction of sp³-hybridized carbons (Fsp3) is 1.00. The van der Waals surface area contributed by atoms with Crippen molar-refractivity contribution in [1.82, 2.24) is 5.32 Å². The van der Waals surface area contributed by atoms with Gasteiger partial charge in [-0.15, -0.1) is 0 Å². The van der Waals surface area contributed by atoms with E-state index in [9.17, 15) is 5.11 Å². The summed E-state index contributed by atoms with van der Waals surface area (Å²) in [5.41, 5.74) is 0.